The fourth-order valence-electron chi connectivity index (χ4n) is 2.83. The van der Waals surface area contributed by atoms with Crippen LogP contribution in [0.4, 0.5) is 13.6 Å². The summed E-state index contributed by atoms with van der Waals surface area (Å²) in [5, 5.41) is 2.39. The van der Waals surface area contributed by atoms with Crippen LogP contribution in [-0.4, -0.2) is 29.4 Å². The van der Waals surface area contributed by atoms with Crippen molar-refractivity contribution in [2.75, 3.05) is 6.54 Å². The second kappa shape index (κ2) is 7.53. The minimum atomic E-state index is -1.16. The largest absolute Gasteiger partial charge is 0.454 e. The number of rotatable bonds is 5. The van der Waals surface area contributed by atoms with Gasteiger partial charge < -0.3 is 10.1 Å². The van der Waals surface area contributed by atoms with Gasteiger partial charge in [0.25, 0.3) is 0 Å². The molecule has 0 unspecified atom stereocenters. The number of amides is 3. The van der Waals surface area contributed by atoms with E-state index in [1.54, 1.807) is 18.2 Å². The average Bonchev–Trinajstić information content (AvgIpc) is 2.94. The summed E-state index contributed by atoms with van der Waals surface area (Å²) in [4.78, 5) is 37.0. The van der Waals surface area contributed by atoms with Gasteiger partial charge in [0.2, 0.25) is 5.91 Å². The van der Waals surface area contributed by atoms with E-state index >= 15 is 0 Å². The predicted octanol–water partition coefficient (Wildman–Crippen LogP) is 2.93. The van der Waals surface area contributed by atoms with Crippen molar-refractivity contribution < 1.29 is 27.9 Å². The van der Waals surface area contributed by atoms with Crippen molar-refractivity contribution in [2.45, 2.75) is 19.6 Å². The summed E-state index contributed by atoms with van der Waals surface area (Å²) in [7, 11) is 0. The summed E-state index contributed by atoms with van der Waals surface area (Å²) >= 11 is 0. The molecule has 6 nitrogen and oxygen atoms in total. The number of hydrogen-bond donors (Lipinski definition) is 1. The quantitative estimate of drug-likeness (QED) is 0.645. The van der Waals surface area contributed by atoms with E-state index in [1.807, 2.05) is 0 Å². The molecule has 1 fully saturated rings. The first-order valence-electron chi connectivity index (χ1n) is 8.19. The van der Waals surface area contributed by atoms with Crippen molar-refractivity contribution in [3.05, 3.63) is 70.8 Å². The van der Waals surface area contributed by atoms with E-state index in [1.165, 1.54) is 19.1 Å². The zero-order valence-electron chi connectivity index (χ0n) is 14.4. The number of carbonyl (C=O) groups excluding carboxylic acids is 3. The number of nitrogens with zero attached hydrogens (tertiary/aromatic N) is 1. The molecule has 0 aliphatic carbocycles. The molecule has 0 radical (unpaired) electrons. The second-order valence-electron chi connectivity index (χ2n) is 5.98. The lowest BCUT2D eigenvalue weighted by molar-refractivity contribution is -0.125. The molecular formula is C19H16F2N2O4. The van der Waals surface area contributed by atoms with Gasteiger partial charge in [-0.25, -0.2) is 18.4 Å². The van der Waals surface area contributed by atoms with Crippen LogP contribution in [-0.2, 0) is 16.1 Å². The highest BCUT2D eigenvalue weighted by Gasteiger charge is 2.30. The Kier molecular flexibility index (Phi) is 5.16. The zero-order valence-corrected chi connectivity index (χ0v) is 14.4. The Hall–Kier alpha value is -3.29. The topological polar surface area (TPSA) is 75.7 Å². The number of hydrogen-bond acceptors (Lipinski definition) is 4. The molecule has 0 aromatic heterocycles. The van der Waals surface area contributed by atoms with Crippen LogP contribution in [0, 0.1) is 11.6 Å². The lowest BCUT2D eigenvalue weighted by Crippen LogP contribution is -2.31. The maximum Gasteiger partial charge on any atom is 0.339 e. The summed E-state index contributed by atoms with van der Waals surface area (Å²) in [5.74, 6) is -2.86. The molecule has 0 saturated carbocycles. The molecule has 1 N–H and O–H groups in total. The fourth-order valence-corrected chi connectivity index (χ4v) is 2.83. The van der Waals surface area contributed by atoms with Gasteiger partial charge in [-0.1, -0.05) is 24.3 Å². The molecule has 1 saturated heterocycles. The molecule has 2 aromatic rings. The van der Waals surface area contributed by atoms with E-state index in [2.05, 4.69) is 5.32 Å². The van der Waals surface area contributed by atoms with Gasteiger partial charge in [-0.3, -0.25) is 9.69 Å². The monoisotopic (exact) mass is 374 g/mol. The van der Waals surface area contributed by atoms with Crippen molar-refractivity contribution in [2.24, 2.45) is 0 Å². The van der Waals surface area contributed by atoms with Gasteiger partial charge in [0.05, 0.1) is 24.2 Å². The van der Waals surface area contributed by atoms with Gasteiger partial charge in [0, 0.05) is 0 Å². The van der Waals surface area contributed by atoms with Crippen LogP contribution in [0.2, 0.25) is 0 Å². The fraction of sp³-hybridized carbons (Fsp3) is 0.211. The van der Waals surface area contributed by atoms with Crippen LogP contribution >= 0.6 is 0 Å². The normalized spacial score (nSPS) is 14.9. The Bertz CT molecular complexity index is 880. The Morgan fingerprint density at radius 3 is 2.44 bits per heavy atom. The van der Waals surface area contributed by atoms with Crippen molar-refractivity contribution >= 4 is 17.9 Å². The summed E-state index contributed by atoms with van der Waals surface area (Å²) in [6, 6.07) is 9.08. The second-order valence-corrected chi connectivity index (χ2v) is 5.98. The van der Waals surface area contributed by atoms with Crippen LogP contribution in [0.1, 0.15) is 34.5 Å². The molecule has 1 aliphatic rings. The standard InChI is InChI=1S/C19H16F2N2O4/c1-11(17-14(20)7-4-8-15(17)21)27-18(25)13-6-3-2-5-12(13)10-23-16(24)9-22-19(23)26/h2-8,11H,9-10H2,1H3,(H,22,26)/t11-/m0/s1. The number of benzene rings is 2. The first kappa shape index (κ1) is 18.5. The third-order valence-electron chi connectivity index (χ3n) is 4.19. The van der Waals surface area contributed by atoms with Gasteiger partial charge in [-0.2, -0.15) is 0 Å². The zero-order chi connectivity index (χ0) is 19.6. The van der Waals surface area contributed by atoms with E-state index in [0.717, 1.165) is 17.0 Å². The van der Waals surface area contributed by atoms with E-state index in [9.17, 15) is 23.2 Å². The Morgan fingerprint density at radius 2 is 1.81 bits per heavy atom. The van der Waals surface area contributed by atoms with Crippen LogP contribution in [0.3, 0.4) is 0 Å². The lowest BCUT2D eigenvalue weighted by atomic mass is 10.1. The summed E-state index contributed by atoms with van der Waals surface area (Å²) < 4.78 is 33.0. The third-order valence-corrected chi connectivity index (χ3v) is 4.19. The highest BCUT2D eigenvalue weighted by molar-refractivity contribution is 6.02. The number of carbonyl (C=O) groups is 3. The molecule has 1 heterocycles. The maximum atomic E-state index is 13.9. The first-order valence-corrected chi connectivity index (χ1v) is 8.19. The van der Waals surface area contributed by atoms with Gasteiger partial charge in [-0.05, 0) is 30.7 Å². The summed E-state index contributed by atoms with van der Waals surface area (Å²) in [6.07, 6.45) is -1.16. The number of halogens is 2. The highest BCUT2D eigenvalue weighted by Crippen LogP contribution is 2.25. The van der Waals surface area contributed by atoms with E-state index in [4.69, 9.17) is 4.74 Å². The summed E-state index contributed by atoms with van der Waals surface area (Å²) in [6.45, 7) is 1.15. The number of esters is 1. The van der Waals surface area contributed by atoms with Crippen molar-refractivity contribution in [1.29, 1.82) is 0 Å². The Balaban J connectivity index is 1.81. The van der Waals surface area contributed by atoms with E-state index in [-0.39, 0.29) is 24.2 Å². The predicted molar refractivity (Wildman–Crippen MR) is 90.6 cm³/mol. The van der Waals surface area contributed by atoms with Crippen LogP contribution in [0.5, 0.6) is 0 Å². The Morgan fingerprint density at radius 1 is 1.15 bits per heavy atom. The first-order chi connectivity index (χ1) is 12.9. The van der Waals surface area contributed by atoms with Gasteiger partial charge in [-0.15, -0.1) is 0 Å². The molecule has 140 valence electrons. The van der Waals surface area contributed by atoms with Gasteiger partial charge in [0.15, 0.2) is 0 Å². The molecule has 27 heavy (non-hydrogen) atoms. The van der Waals surface area contributed by atoms with Crippen LogP contribution in [0.25, 0.3) is 0 Å². The van der Waals surface area contributed by atoms with E-state index in [0.29, 0.717) is 5.56 Å². The van der Waals surface area contributed by atoms with Crippen LogP contribution < -0.4 is 5.32 Å². The van der Waals surface area contributed by atoms with Gasteiger partial charge >= 0.3 is 12.0 Å². The summed E-state index contributed by atoms with van der Waals surface area (Å²) in [5.41, 5.74) is 0.139. The molecule has 3 rings (SSSR count). The lowest BCUT2D eigenvalue weighted by Gasteiger charge is -2.18. The Labute approximate surface area is 153 Å². The number of imide groups is 1. The van der Waals surface area contributed by atoms with E-state index < -0.39 is 35.6 Å². The van der Waals surface area contributed by atoms with Crippen molar-refractivity contribution in [1.82, 2.24) is 10.2 Å². The minimum Gasteiger partial charge on any atom is -0.454 e. The van der Waals surface area contributed by atoms with Crippen molar-refractivity contribution in [3.8, 4) is 0 Å². The maximum absolute atomic E-state index is 13.9. The van der Waals surface area contributed by atoms with Crippen LogP contribution in [0.15, 0.2) is 42.5 Å². The molecule has 0 spiro atoms. The smallest absolute Gasteiger partial charge is 0.339 e. The molecule has 0 bridgehead atoms. The number of ether oxygens (including phenoxy) is 1. The molecule has 1 atom stereocenters. The molecule has 8 heteroatoms. The molecule has 2 aromatic carbocycles. The number of nitrogens with one attached hydrogen (secondary N) is 1. The van der Waals surface area contributed by atoms with Gasteiger partial charge in [0.1, 0.15) is 17.7 Å². The third kappa shape index (κ3) is 3.79. The molecule has 3 amide bonds. The highest BCUT2D eigenvalue weighted by atomic mass is 19.1. The SMILES string of the molecule is C[C@H](OC(=O)c1ccccc1CN1C(=O)CNC1=O)c1c(F)cccc1F. The average molecular weight is 374 g/mol. The minimum absolute atomic E-state index is 0.102. The molecular weight excluding hydrogens is 358 g/mol. The number of urea groups is 1. The van der Waals surface area contributed by atoms with Crippen molar-refractivity contribution in [3.63, 3.8) is 0 Å². The molecule has 1 aliphatic heterocycles.